The van der Waals surface area contributed by atoms with E-state index in [0.717, 1.165) is 31.9 Å². The van der Waals surface area contributed by atoms with Crippen LogP contribution in [0.2, 0.25) is 0 Å². The second kappa shape index (κ2) is 6.40. The number of hydrogen-bond acceptors (Lipinski definition) is 6. The van der Waals surface area contributed by atoms with Gasteiger partial charge in [-0.2, -0.15) is 4.80 Å². The maximum atomic E-state index is 6.08. The maximum Gasteiger partial charge on any atom is 0.176 e. The Balaban J connectivity index is 2.12. The van der Waals surface area contributed by atoms with Crippen molar-refractivity contribution in [2.24, 2.45) is 7.05 Å². The standard InChI is InChI=1S/C12H23N5O2/c1-4-19-12(5-7-18-8-6-12)10(13-2)9-11-14-16-17(3)15-11/h10,13H,4-9H2,1-3H3. The minimum atomic E-state index is -0.194. The Bertz CT molecular complexity index is 384. The predicted molar refractivity (Wildman–Crippen MR) is 69.8 cm³/mol. The van der Waals surface area contributed by atoms with Gasteiger partial charge in [-0.15, -0.1) is 10.2 Å². The fourth-order valence-corrected chi connectivity index (χ4v) is 2.74. The fourth-order valence-electron chi connectivity index (χ4n) is 2.74. The summed E-state index contributed by atoms with van der Waals surface area (Å²) >= 11 is 0. The van der Waals surface area contributed by atoms with Crippen LogP contribution in [-0.2, 0) is 22.9 Å². The lowest BCUT2D eigenvalue weighted by atomic mass is 9.84. The van der Waals surface area contributed by atoms with Crippen molar-refractivity contribution >= 4 is 0 Å². The molecule has 0 saturated carbocycles. The van der Waals surface area contributed by atoms with E-state index in [1.807, 2.05) is 14.0 Å². The molecule has 1 fully saturated rings. The zero-order valence-electron chi connectivity index (χ0n) is 11.9. The Morgan fingerprint density at radius 1 is 1.47 bits per heavy atom. The highest BCUT2D eigenvalue weighted by Gasteiger charge is 2.41. The quantitative estimate of drug-likeness (QED) is 0.779. The van der Waals surface area contributed by atoms with Crippen molar-refractivity contribution in [3.63, 3.8) is 0 Å². The Labute approximate surface area is 113 Å². The van der Waals surface area contributed by atoms with Gasteiger partial charge in [0, 0.05) is 45.1 Å². The van der Waals surface area contributed by atoms with E-state index in [0.29, 0.717) is 13.0 Å². The molecule has 0 radical (unpaired) electrons. The number of likely N-dealkylation sites (N-methyl/N-ethyl adjacent to an activating group) is 1. The van der Waals surface area contributed by atoms with E-state index in [-0.39, 0.29) is 11.6 Å². The average molecular weight is 269 g/mol. The van der Waals surface area contributed by atoms with E-state index in [1.54, 1.807) is 7.05 Å². The summed E-state index contributed by atoms with van der Waals surface area (Å²) in [5.41, 5.74) is -0.194. The molecule has 1 N–H and O–H groups in total. The molecule has 0 aliphatic carbocycles. The van der Waals surface area contributed by atoms with Gasteiger partial charge in [0.2, 0.25) is 0 Å². The summed E-state index contributed by atoms with van der Waals surface area (Å²) in [5, 5.41) is 15.6. The molecule has 1 atom stereocenters. The van der Waals surface area contributed by atoms with E-state index in [9.17, 15) is 0 Å². The molecule has 0 spiro atoms. The van der Waals surface area contributed by atoms with E-state index >= 15 is 0 Å². The number of ether oxygens (including phenoxy) is 2. The first-order chi connectivity index (χ1) is 9.20. The van der Waals surface area contributed by atoms with E-state index in [1.165, 1.54) is 4.80 Å². The van der Waals surface area contributed by atoms with Gasteiger partial charge in [0.15, 0.2) is 5.82 Å². The summed E-state index contributed by atoms with van der Waals surface area (Å²) in [6.45, 7) is 4.22. The summed E-state index contributed by atoms with van der Waals surface area (Å²) in [5.74, 6) is 0.743. The number of aryl methyl sites for hydroxylation is 1. The SMILES string of the molecule is CCOC1(C(Cc2nnn(C)n2)NC)CCOCC1. The predicted octanol–water partition coefficient (Wildman–Crippen LogP) is -0.0737. The molecular formula is C12H23N5O2. The molecule has 0 amide bonds. The lowest BCUT2D eigenvalue weighted by molar-refractivity contribution is -0.125. The highest BCUT2D eigenvalue weighted by atomic mass is 16.5. The lowest BCUT2D eigenvalue weighted by Gasteiger charge is -2.42. The molecule has 0 aromatic carbocycles. The van der Waals surface area contributed by atoms with Gasteiger partial charge in [0.05, 0.1) is 12.6 Å². The van der Waals surface area contributed by atoms with Crippen LogP contribution in [0.25, 0.3) is 0 Å². The number of rotatable bonds is 6. The topological polar surface area (TPSA) is 74.1 Å². The van der Waals surface area contributed by atoms with Gasteiger partial charge in [0.1, 0.15) is 0 Å². The van der Waals surface area contributed by atoms with Crippen molar-refractivity contribution in [2.45, 2.75) is 37.8 Å². The zero-order chi connectivity index (χ0) is 13.7. The molecular weight excluding hydrogens is 246 g/mol. The minimum Gasteiger partial charge on any atom is -0.381 e. The third-order valence-corrected chi connectivity index (χ3v) is 3.69. The molecule has 7 nitrogen and oxygen atoms in total. The van der Waals surface area contributed by atoms with Crippen LogP contribution >= 0.6 is 0 Å². The first kappa shape index (κ1) is 14.4. The second-order valence-electron chi connectivity index (χ2n) is 4.85. The van der Waals surface area contributed by atoms with Crippen molar-refractivity contribution in [1.82, 2.24) is 25.5 Å². The molecule has 0 bridgehead atoms. The Hall–Kier alpha value is -1.05. The smallest absolute Gasteiger partial charge is 0.176 e. The largest absolute Gasteiger partial charge is 0.381 e. The summed E-state index contributed by atoms with van der Waals surface area (Å²) in [7, 11) is 3.73. The van der Waals surface area contributed by atoms with Crippen molar-refractivity contribution in [1.29, 1.82) is 0 Å². The van der Waals surface area contributed by atoms with E-state index in [4.69, 9.17) is 9.47 Å². The number of aromatic nitrogens is 4. The minimum absolute atomic E-state index is 0.167. The van der Waals surface area contributed by atoms with Crippen LogP contribution in [0, 0.1) is 0 Å². The molecule has 2 rings (SSSR count). The fraction of sp³-hybridized carbons (Fsp3) is 0.917. The van der Waals surface area contributed by atoms with E-state index < -0.39 is 0 Å². The molecule has 2 heterocycles. The molecule has 108 valence electrons. The third-order valence-electron chi connectivity index (χ3n) is 3.69. The summed E-state index contributed by atoms with van der Waals surface area (Å²) in [6.07, 6.45) is 2.50. The van der Waals surface area contributed by atoms with Crippen LogP contribution < -0.4 is 5.32 Å². The van der Waals surface area contributed by atoms with Crippen LogP contribution in [0.5, 0.6) is 0 Å². The molecule has 7 heteroatoms. The van der Waals surface area contributed by atoms with Gasteiger partial charge in [-0.1, -0.05) is 0 Å². The number of nitrogens with one attached hydrogen (secondary N) is 1. The number of hydrogen-bond donors (Lipinski definition) is 1. The molecule has 19 heavy (non-hydrogen) atoms. The molecule has 1 saturated heterocycles. The van der Waals surface area contributed by atoms with Crippen molar-refractivity contribution in [3.8, 4) is 0 Å². The van der Waals surface area contributed by atoms with Crippen molar-refractivity contribution < 1.29 is 9.47 Å². The normalized spacial score (nSPS) is 20.4. The molecule has 1 aromatic heterocycles. The molecule has 1 aliphatic heterocycles. The van der Waals surface area contributed by atoms with Crippen molar-refractivity contribution in [2.75, 3.05) is 26.9 Å². The Morgan fingerprint density at radius 3 is 2.74 bits per heavy atom. The van der Waals surface area contributed by atoms with Crippen LogP contribution in [-0.4, -0.2) is 58.7 Å². The van der Waals surface area contributed by atoms with Gasteiger partial charge >= 0.3 is 0 Å². The highest BCUT2D eigenvalue weighted by molar-refractivity contribution is 4.99. The summed E-state index contributed by atoms with van der Waals surface area (Å²) < 4.78 is 11.5. The monoisotopic (exact) mass is 269 g/mol. The van der Waals surface area contributed by atoms with Crippen LogP contribution in [0.1, 0.15) is 25.6 Å². The second-order valence-corrected chi connectivity index (χ2v) is 4.85. The Kier molecular flexibility index (Phi) is 4.84. The zero-order valence-corrected chi connectivity index (χ0v) is 11.9. The van der Waals surface area contributed by atoms with Crippen LogP contribution in [0.3, 0.4) is 0 Å². The summed E-state index contributed by atoms with van der Waals surface area (Å²) in [6, 6.07) is 0.167. The van der Waals surface area contributed by atoms with E-state index in [2.05, 4.69) is 20.7 Å². The first-order valence-electron chi connectivity index (χ1n) is 6.82. The molecule has 1 unspecified atom stereocenters. The number of tetrazole rings is 1. The van der Waals surface area contributed by atoms with Gasteiger partial charge in [-0.3, -0.25) is 0 Å². The highest BCUT2D eigenvalue weighted by Crippen LogP contribution is 2.30. The van der Waals surface area contributed by atoms with Gasteiger partial charge in [-0.25, -0.2) is 0 Å². The molecule has 1 aromatic rings. The summed E-state index contributed by atoms with van der Waals surface area (Å²) in [4.78, 5) is 1.49. The van der Waals surface area contributed by atoms with Crippen LogP contribution in [0.15, 0.2) is 0 Å². The lowest BCUT2D eigenvalue weighted by Crippen LogP contribution is -2.55. The average Bonchev–Trinajstić information content (AvgIpc) is 2.83. The van der Waals surface area contributed by atoms with Crippen molar-refractivity contribution in [3.05, 3.63) is 5.82 Å². The maximum absolute atomic E-state index is 6.08. The van der Waals surface area contributed by atoms with Crippen LogP contribution in [0.4, 0.5) is 0 Å². The van der Waals surface area contributed by atoms with Gasteiger partial charge in [0.25, 0.3) is 0 Å². The number of nitrogens with zero attached hydrogens (tertiary/aromatic N) is 4. The Morgan fingerprint density at radius 2 is 2.21 bits per heavy atom. The first-order valence-corrected chi connectivity index (χ1v) is 6.82. The molecule has 1 aliphatic rings. The van der Waals surface area contributed by atoms with Gasteiger partial charge < -0.3 is 14.8 Å². The van der Waals surface area contributed by atoms with Gasteiger partial charge in [-0.05, 0) is 19.2 Å². The third kappa shape index (κ3) is 3.29.